The van der Waals surface area contributed by atoms with Crippen LogP contribution in [0.15, 0.2) is 47.5 Å². The van der Waals surface area contributed by atoms with Gasteiger partial charge in [0.05, 0.1) is 5.71 Å². The number of phenolic OH excluding ortho intramolecular Hbond substituents is 1. The van der Waals surface area contributed by atoms with Gasteiger partial charge >= 0.3 is 5.97 Å². The predicted octanol–water partition coefficient (Wildman–Crippen LogP) is 4.98. The fraction of sp³-hybridized carbons (Fsp3) is 0.391. The molecule has 27 heavy (non-hydrogen) atoms. The summed E-state index contributed by atoms with van der Waals surface area (Å²) in [4.78, 5) is 16.0. The molecule has 0 saturated carbocycles. The molecule has 0 radical (unpaired) electrons. The average molecular weight is 367 g/mol. The molecular weight excluding hydrogens is 338 g/mol. The summed E-state index contributed by atoms with van der Waals surface area (Å²) in [5, 5.41) is 19.6. The SMILES string of the molecule is Cc1cccc(C(=NC[C@H](CC(=O)O)CC(C)C)c2cc(C)ccc2O)c1. The molecule has 4 nitrogen and oxygen atoms in total. The molecule has 0 aliphatic heterocycles. The van der Waals surface area contributed by atoms with Crippen LogP contribution in [0, 0.1) is 25.7 Å². The van der Waals surface area contributed by atoms with E-state index < -0.39 is 5.97 Å². The van der Waals surface area contributed by atoms with Crippen molar-refractivity contribution >= 4 is 11.7 Å². The minimum Gasteiger partial charge on any atom is -0.507 e. The number of hydrogen-bond acceptors (Lipinski definition) is 3. The minimum atomic E-state index is -0.800. The normalized spacial score (nSPS) is 13.0. The van der Waals surface area contributed by atoms with Crippen molar-refractivity contribution in [2.45, 2.75) is 40.5 Å². The van der Waals surface area contributed by atoms with Crippen LogP contribution in [-0.4, -0.2) is 28.4 Å². The second-order valence-corrected chi connectivity index (χ2v) is 7.67. The van der Waals surface area contributed by atoms with Gasteiger partial charge in [-0.25, -0.2) is 0 Å². The molecule has 0 unspecified atom stereocenters. The molecule has 2 aromatic carbocycles. The lowest BCUT2D eigenvalue weighted by molar-refractivity contribution is -0.138. The van der Waals surface area contributed by atoms with Crippen molar-refractivity contribution in [3.05, 3.63) is 64.7 Å². The molecule has 0 aliphatic carbocycles. The first-order valence-corrected chi connectivity index (χ1v) is 9.39. The molecule has 0 aliphatic rings. The van der Waals surface area contributed by atoms with E-state index in [0.29, 0.717) is 23.7 Å². The summed E-state index contributed by atoms with van der Waals surface area (Å²) >= 11 is 0. The number of carboxylic acid groups (broad SMARTS) is 1. The fourth-order valence-corrected chi connectivity index (χ4v) is 3.32. The van der Waals surface area contributed by atoms with E-state index in [1.54, 1.807) is 6.07 Å². The molecule has 0 saturated heterocycles. The van der Waals surface area contributed by atoms with Crippen LogP contribution < -0.4 is 0 Å². The quantitative estimate of drug-likeness (QED) is 0.646. The Morgan fingerprint density at radius 1 is 1.07 bits per heavy atom. The van der Waals surface area contributed by atoms with Crippen molar-refractivity contribution in [2.75, 3.05) is 6.54 Å². The summed E-state index contributed by atoms with van der Waals surface area (Å²) in [5.41, 5.74) is 4.46. The number of aryl methyl sites for hydroxylation is 2. The number of hydrogen-bond donors (Lipinski definition) is 2. The molecular formula is C23H29NO3. The van der Waals surface area contributed by atoms with E-state index in [9.17, 15) is 15.0 Å². The molecule has 0 heterocycles. The zero-order valence-corrected chi connectivity index (χ0v) is 16.6. The predicted molar refractivity (Wildman–Crippen MR) is 110 cm³/mol. The van der Waals surface area contributed by atoms with Gasteiger partial charge in [-0.1, -0.05) is 49.2 Å². The standard InChI is InChI=1S/C23H29NO3/c1-15(2)10-18(13-22(26)27)14-24-23(19-7-5-6-16(3)11-19)20-12-17(4)8-9-21(20)25/h5-9,11-12,15,18,25H,10,13-14H2,1-4H3,(H,26,27)/t18-/m0/s1. The number of aliphatic imine (C=N–C) groups is 1. The van der Waals surface area contributed by atoms with Gasteiger partial charge in [-0.2, -0.15) is 0 Å². The highest BCUT2D eigenvalue weighted by atomic mass is 16.4. The molecule has 0 fully saturated rings. The average Bonchev–Trinajstić information content (AvgIpc) is 2.57. The minimum absolute atomic E-state index is 0.0331. The van der Waals surface area contributed by atoms with Crippen molar-refractivity contribution in [3.63, 3.8) is 0 Å². The van der Waals surface area contributed by atoms with Gasteiger partial charge in [0.2, 0.25) is 0 Å². The molecule has 0 aromatic heterocycles. The summed E-state index contributed by atoms with van der Waals surface area (Å²) in [6.07, 6.45) is 0.902. The number of aromatic hydroxyl groups is 1. The fourth-order valence-electron chi connectivity index (χ4n) is 3.32. The van der Waals surface area contributed by atoms with Crippen molar-refractivity contribution in [2.24, 2.45) is 16.8 Å². The van der Waals surface area contributed by atoms with Crippen LogP contribution >= 0.6 is 0 Å². The third-order valence-electron chi connectivity index (χ3n) is 4.47. The van der Waals surface area contributed by atoms with Gasteiger partial charge in [0, 0.05) is 24.1 Å². The van der Waals surface area contributed by atoms with Gasteiger partial charge in [0.1, 0.15) is 5.75 Å². The van der Waals surface area contributed by atoms with E-state index in [4.69, 9.17) is 4.99 Å². The number of carbonyl (C=O) groups is 1. The number of benzene rings is 2. The van der Waals surface area contributed by atoms with E-state index in [-0.39, 0.29) is 18.1 Å². The summed E-state index contributed by atoms with van der Waals surface area (Å²) in [5.74, 6) is -0.250. The summed E-state index contributed by atoms with van der Waals surface area (Å²) in [6, 6.07) is 13.5. The summed E-state index contributed by atoms with van der Waals surface area (Å²) < 4.78 is 0. The number of nitrogens with zero attached hydrogens (tertiary/aromatic N) is 1. The lowest BCUT2D eigenvalue weighted by Gasteiger charge is -2.17. The number of carboxylic acids is 1. The second kappa shape index (κ2) is 9.36. The highest BCUT2D eigenvalue weighted by Crippen LogP contribution is 2.24. The number of phenols is 1. The third kappa shape index (κ3) is 6.24. The first-order chi connectivity index (χ1) is 12.8. The van der Waals surface area contributed by atoms with Crippen molar-refractivity contribution in [1.82, 2.24) is 0 Å². The van der Waals surface area contributed by atoms with Gasteiger partial charge < -0.3 is 10.2 Å². The van der Waals surface area contributed by atoms with Crippen LogP contribution in [0.3, 0.4) is 0 Å². The first kappa shape index (κ1) is 20.7. The molecule has 0 bridgehead atoms. The van der Waals surface area contributed by atoms with E-state index in [1.807, 2.05) is 50.2 Å². The monoisotopic (exact) mass is 367 g/mol. The number of aliphatic carboxylic acids is 1. The highest BCUT2D eigenvalue weighted by Gasteiger charge is 2.17. The third-order valence-corrected chi connectivity index (χ3v) is 4.47. The van der Waals surface area contributed by atoms with Gasteiger partial charge in [-0.3, -0.25) is 9.79 Å². The lowest BCUT2D eigenvalue weighted by Crippen LogP contribution is -2.15. The van der Waals surface area contributed by atoms with E-state index in [0.717, 1.165) is 23.1 Å². The van der Waals surface area contributed by atoms with Crippen molar-refractivity contribution in [1.29, 1.82) is 0 Å². The van der Waals surface area contributed by atoms with Gasteiger partial charge in [0.15, 0.2) is 0 Å². The van der Waals surface area contributed by atoms with E-state index >= 15 is 0 Å². The summed E-state index contributed by atoms with van der Waals surface area (Å²) in [6.45, 7) is 8.59. The summed E-state index contributed by atoms with van der Waals surface area (Å²) in [7, 11) is 0. The van der Waals surface area contributed by atoms with Crippen LogP contribution in [0.25, 0.3) is 0 Å². The lowest BCUT2D eigenvalue weighted by atomic mass is 9.93. The van der Waals surface area contributed by atoms with Crippen molar-refractivity contribution < 1.29 is 15.0 Å². The Morgan fingerprint density at radius 3 is 2.41 bits per heavy atom. The first-order valence-electron chi connectivity index (χ1n) is 9.39. The van der Waals surface area contributed by atoms with Crippen LogP contribution in [0.4, 0.5) is 0 Å². The highest BCUT2D eigenvalue weighted by molar-refractivity contribution is 6.14. The van der Waals surface area contributed by atoms with Gasteiger partial charge in [0.25, 0.3) is 0 Å². The van der Waals surface area contributed by atoms with Gasteiger partial charge in [-0.05, 0) is 50.3 Å². The Kier molecular flexibility index (Phi) is 7.17. The molecule has 1 atom stereocenters. The van der Waals surface area contributed by atoms with Crippen LogP contribution in [0.5, 0.6) is 5.75 Å². The Balaban J connectivity index is 2.46. The van der Waals surface area contributed by atoms with E-state index in [2.05, 4.69) is 13.8 Å². The Morgan fingerprint density at radius 2 is 1.78 bits per heavy atom. The molecule has 2 N–H and O–H groups in total. The molecule has 4 heteroatoms. The maximum Gasteiger partial charge on any atom is 0.303 e. The maximum absolute atomic E-state index is 11.2. The number of rotatable bonds is 8. The molecule has 2 rings (SSSR count). The Hall–Kier alpha value is -2.62. The maximum atomic E-state index is 11.2. The van der Waals surface area contributed by atoms with Gasteiger partial charge in [-0.15, -0.1) is 0 Å². The second-order valence-electron chi connectivity index (χ2n) is 7.67. The molecule has 2 aromatic rings. The van der Waals surface area contributed by atoms with Crippen LogP contribution in [0.2, 0.25) is 0 Å². The molecule has 0 amide bonds. The zero-order valence-electron chi connectivity index (χ0n) is 16.6. The Labute approximate surface area is 161 Å². The molecule has 0 spiro atoms. The van der Waals surface area contributed by atoms with Crippen molar-refractivity contribution in [3.8, 4) is 5.75 Å². The largest absolute Gasteiger partial charge is 0.507 e. The van der Waals surface area contributed by atoms with E-state index in [1.165, 1.54) is 0 Å². The zero-order chi connectivity index (χ0) is 20.0. The van der Waals surface area contributed by atoms with Crippen LogP contribution in [0.1, 0.15) is 48.9 Å². The van der Waals surface area contributed by atoms with Crippen LogP contribution in [-0.2, 0) is 4.79 Å². The Bertz CT molecular complexity index is 824. The topological polar surface area (TPSA) is 69.9 Å². The smallest absolute Gasteiger partial charge is 0.303 e. The molecule has 144 valence electrons.